The molecule has 0 bridgehead atoms. The molecule has 1 heterocycles. The molecule has 3 nitrogen and oxygen atoms in total. The summed E-state index contributed by atoms with van der Waals surface area (Å²) in [6.07, 6.45) is -0.0555. The highest BCUT2D eigenvalue weighted by Crippen LogP contribution is 2.16. The Labute approximate surface area is 98.9 Å². The highest BCUT2D eigenvalue weighted by Gasteiger charge is 2.18. The number of morpholine rings is 1. The molecular formula is C12H15F2NO2. The molecule has 0 amide bonds. The molecule has 0 spiro atoms. The Morgan fingerprint density at radius 2 is 2.06 bits per heavy atom. The fraction of sp³-hybridized carbons (Fsp3) is 0.500. The van der Waals surface area contributed by atoms with Crippen LogP contribution in [0.15, 0.2) is 18.2 Å². The van der Waals surface area contributed by atoms with Crippen LogP contribution >= 0.6 is 0 Å². The first-order chi connectivity index (χ1) is 8.13. The lowest BCUT2D eigenvalue weighted by molar-refractivity contribution is -0.0404. The number of nitrogens with zero attached hydrogens (tertiary/aromatic N) is 1. The van der Waals surface area contributed by atoms with Crippen molar-refractivity contribution in [3.63, 3.8) is 0 Å². The molecule has 1 saturated heterocycles. The predicted molar refractivity (Wildman–Crippen MR) is 59.1 cm³/mol. The summed E-state index contributed by atoms with van der Waals surface area (Å²) in [4.78, 5) is 2.13. The lowest BCUT2D eigenvalue weighted by Crippen LogP contribution is -2.42. The second-order valence-corrected chi connectivity index (χ2v) is 4.17. The van der Waals surface area contributed by atoms with Crippen molar-refractivity contribution in [3.05, 3.63) is 29.8 Å². The molecular weight excluding hydrogens is 228 g/mol. The number of ether oxygens (including phenoxy) is 2. The number of hydrogen-bond donors (Lipinski definition) is 0. The summed E-state index contributed by atoms with van der Waals surface area (Å²) in [7, 11) is 2.00. The van der Waals surface area contributed by atoms with E-state index in [0.717, 1.165) is 31.3 Å². The minimum atomic E-state index is -0.637. The molecule has 5 heteroatoms. The molecule has 0 saturated carbocycles. The van der Waals surface area contributed by atoms with Crippen LogP contribution in [0.1, 0.15) is 0 Å². The van der Waals surface area contributed by atoms with E-state index in [0.29, 0.717) is 13.2 Å². The van der Waals surface area contributed by atoms with Crippen LogP contribution in [-0.2, 0) is 4.74 Å². The maximum atomic E-state index is 12.9. The summed E-state index contributed by atoms with van der Waals surface area (Å²) >= 11 is 0. The third kappa shape index (κ3) is 3.64. The van der Waals surface area contributed by atoms with E-state index < -0.39 is 11.6 Å². The zero-order valence-corrected chi connectivity index (χ0v) is 9.66. The zero-order valence-electron chi connectivity index (χ0n) is 9.66. The standard InChI is InChI=1S/C12H15F2NO2/c1-15-2-3-16-12(7-15)8-17-11-5-9(13)4-10(14)6-11/h4-6,12H,2-3,7-8H2,1H3. The van der Waals surface area contributed by atoms with Gasteiger partial charge in [-0.05, 0) is 7.05 Å². The first-order valence-electron chi connectivity index (χ1n) is 5.52. The van der Waals surface area contributed by atoms with Crippen molar-refractivity contribution in [2.45, 2.75) is 6.10 Å². The first kappa shape index (κ1) is 12.3. The van der Waals surface area contributed by atoms with E-state index in [2.05, 4.69) is 4.90 Å². The lowest BCUT2D eigenvalue weighted by atomic mass is 10.3. The minimum absolute atomic E-state index is 0.0555. The molecule has 17 heavy (non-hydrogen) atoms. The van der Waals surface area contributed by atoms with Gasteiger partial charge in [-0.2, -0.15) is 0 Å². The van der Waals surface area contributed by atoms with Gasteiger partial charge in [-0.15, -0.1) is 0 Å². The largest absolute Gasteiger partial charge is 0.491 e. The first-order valence-corrected chi connectivity index (χ1v) is 5.52. The van der Waals surface area contributed by atoms with Crippen LogP contribution in [0.25, 0.3) is 0 Å². The van der Waals surface area contributed by atoms with Gasteiger partial charge < -0.3 is 14.4 Å². The van der Waals surface area contributed by atoms with E-state index in [1.54, 1.807) is 0 Å². The van der Waals surface area contributed by atoms with Crippen LogP contribution in [0.3, 0.4) is 0 Å². The fourth-order valence-electron chi connectivity index (χ4n) is 1.77. The van der Waals surface area contributed by atoms with Crippen molar-refractivity contribution in [2.24, 2.45) is 0 Å². The Bertz CT molecular complexity index is 367. The van der Waals surface area contributed by atoms with E-state index in [1.165, 1.54) is 0 Å². The van der Waals surface area contributed by atoms with Crippen LogP contribution in [0.5, 0.6) is 5.75 Å². The Balaban J connectivity index is 1.88. The molecule has 1 aromatic carbocycles. The summed E-state index contributed by atoms with van der Waals surface area (Å²) in [5.74, 6) is -1.08. The molecule has 0 aliphatic carbocycles. The number of rotatable bonds is 3. The van der Waals surface area contributed by atoms with Crippen molar-refractivity contribution in [3.8, 4) is 5.75 Å². The molecule has 1 atom stereocenters. The van der Waals surface area contributed by atoms with Gasteiger partial charge >= 0.3 is 0 Å². The van der Waals surface area contributed by atoms with Crippen LogP contribution < -0.4 is 4.74 Å². The smallest absolute Gasteiger partial charge is 0.129 e. The van der Waals surface area contributed by atoms with E-state index in [-0.39, 0.29) is 11.9 Å². The fourth-order valence-corrected chi connectivity index (χ4v) is 1.77. The maximum absolute atomic E-state index is 12.9. The van der Waals surface area contributed by atoms with Crippen molar-refractivity contribution in [2.75, 3.05) is 33.4 Å². The molecule has 0 aromatic heterocycles. The topological polar surface area (TPSA) is 21.7 Å². The van der Waals surface area contributed by atoms with Crippen LogP contribution in [0.4, 0.5) is 8.78 Å². The van der Waals surface area contributed by atoms with Gasteiger partial charge in [0.2, 0.25) is 0 Å². The monoisotopic (exact) mass is 243 g/mol. The van der Waals surface area contributed by atoms with Gasteiger partial charge in [0.25, 0.3) is 0 Å². The molecule has 94 valence electrons. The third-order valence-electron chi connectivity index (χ3n) is 2.61. The lowest BCUT2D eigenvalue weighted by Gasteiger charge is -2.29. The maximum Gasteiger partial charge on any atom is 0.129 e. The molecule has 1 fully saturated rings. The molecule has 0 N–H and O–H groups in total. The third-order valence-corrected chi connectivity index (χ3v) is 2.61. The molecule has 1 aliphatic heterocycles. The number of benzene rings is 1. The summed E-state index contributed by atoms with van der Waals surface area (Å²) < 4.78 is 36.6. The minimum Gasteiger partial charge on any atom is -0.491 e. The summed E-state index contributed by atoms with van der Waals surface area (Å²) in [6, 6.07) is 3.14. The second-order valence-electron chi connectivity index (χ2n) is 4.17. The molecule has 1 unspecified atom stereocenters. The Morgan fingerprint density at radius 1 is 1.35 bits per heavy atom. The number of halogens is 2. The van der Waals surface area contributed by atoms with Crippen molar-refractivity contribution in [1.82, 2.24) is 4.90 Å². The van der Waals surface area contributed by atoms with Crippen LogP contribution in [-0.4, -0.2) is 44.4 Å². The van der Waals surface area contributed by atoms with E-state index in [1.807, 2.05) is 7.05 Å². The van der Waals surface area contributed by atoms with Gasteiger partial charge in [-0.25, -0.2) is 8.78 Å². The highest BCUT2D eigenvalue weighted by atomic mass is 19.1. The quantitative estimate of drug-likeness (QED) is 0.806. The van der Waals surface area contributed by atoms with Crippen molar-refractivity contribution < 1.29 is 18.3 Å². The van der Waals surface area contributed by atoms with Gasteiger partial charge in [-0.1, -0.05) is 0 Å². The summed E-state index contributed by atoms with van der Waals surface area (Å²) in [5.41, 5.74) is 0. The SMILES string of the molecule is CN1CCOC(COc2cc(F)cc(F)c2)C1. The number of hydrogen-bond acceptors (Lipinski definition) is 3. The average Bonchev–Trinajstić information content (AvgIpc) is 2.25. The van der Waals surface area contributed by atoms with Gasteiger partial charge in [-0.3, -0.25) is 0 Å². The molecule has 1 aromatic rings. The Morgan fingerprint density at radius 3 is 2.71 bits per heavy atom. The predicted octanol–water partition coefficient (Wildman–Crippen LogP) is 1.67. The summed E-state index contributed by atoms with van der Waals surface area (Å²) in [6.45, 7) is 2.61. The highest BCUT2D eigenvalue weighted by molar-refractivity contribution is 5.23. The van der Waals surface area contributed by atoms with Crippen molar-refractivity contribution in [1.29, 1.82) is 0 Å². The average molecular weight is 243 g/mol. The number of likely N-dealkylation sites (N-methyl/N-ethyl adjacent to an activating group) is 1. The zero-order chi connectivity index (χ0) is 12.3. The molecule has 1 aliphatic rings. The van der Waals surface area contributed by atoms with E-state index in [4.69, 9.17) is 9.47 Å². The second kappa shape index (κ2) is 5.42. The normalized spacial score (nSPS) is 21.5. The van der Waals surface area contributed by atoms with Crippen molar-refractivity contribution >= 4 is 0 Å². The molecule has 2 rings (SSSR count). The summed E-state index contributed by atoms with van der Waals surface area (Å²) in [5, 5.41) is 0. The molecule has 0 radical (unpaired) electrons. The van der Waals surface area contributed by atoms with E-state index >= 15 is 0 Å². The van der Waals surface area contributed by atoms with Crippen LogP contribution in [0, 0.1) is 11.6 Å². The van der Waals surface area contributed by atoms with Crippen LogP contribution in [0.2, 0.25) is 0 Å². The Hall–Kier alpha value is -1.20. The van der Waals surface area contributed by atoms with Gasteiger partial charge in [0.15, 0.2) is 0 Å². The Kier molecular flexibility index (Phi) is 3.91. The van der Waals surface area contributed by atoms with E-state index in [9.17, 15) is 8.78 Å². The van der Waals surface area contributed by atoms with Gasteiger partial charge in [0.1, 0.15) is 30.1 Å². The van der Waals surface area contributed by atoms with Gasteiger partial charge in [0, 0.05) is 31.3 Å². The van der Waals surface area contributed by atoms with Gasteiger partial charge in [0.05, 0.1) is 6.61 Å².